The summed E-state index contributed by atoms with van der Waals surface area (Å²) in [5, 5.41) is 13.0. The zero-order valence-corrected chi connectivity index (χ0v) is 16.3. The number of hydrogen-bond acceptors (Lipinski definition) is 5. The molecular weight excluding hydrogens is 364 g/mol. The number of rotatable bonds is 8. The quantitative estimate of drug-likeness (QED) is 0.536. The standard InChI is InChI=1S/C20H22N2O4S/c1-13-4-6-15(7-5-13)20(25)22-21-14(2)16-8-9-18(26-3)17(10-16)11-27-12-19(23)24/h4-10H,11-12H2,1-3H3,(H,22,25)(H,23,24)/b21-14-. The van der Waals surface area contributed by atoms with Gasteiger partial charge in [0.2, 0.25) is 0 Å². The van der Waals surface area contributed by atoms with Crippen LogP contribution in [-0.4, -0.2) is 35.6 Å². The molecule has 0 atom stereocenters. The minimum Gasteiger partial charge on any atom is -0.496 e. The van der Waals surface area contributed by atoms with Gasteiger partial charge in [0.25, 0.3) is 5.91 Å². The number of hydrogen-bond donors (Lipinski definition) is 2. The first kappa shape index (κ1) is 20.5. The Labute approximate surface area is 162 Å². The monoisotopic (exact) mass is 386 g/mol. The molecule has 0 fully saturated rings. The third-order valence-corrected chi connectivity index (χ3v) is 4.79. The lowest BCUT2D eigenvalue weighted by atomic mass is 10.1. The Kier molecular flexibility index (Phi) is 7.43. The molecule has 0 aliphatic rings. The SMILES string of the molecule is COc1ccc(/C(C)=N\NC(=O)c2ccc(C)cc2)cc1CSCC(=O)O. The number of carbonyl (C=O) groups is 2. The van der Waals surface area contributed by atoms with Gasteiger partial charge in [-0.3, -0.25) is 9.59 Å². The Hall–Kier alpha value is -2.80. The van der Waals surface area contributed by atoms with Crippen molar-refractivity contribution in [1.29, 1.82) is 0 Å². The first-order valence-electron chi connectivity index (χ1n) is 8.29. The average molecular weight is 386 g/mol. The highest BCUT2D eigenvalue weighted by molar-refractivity contribution is 7.99. The maximum absolute atomic E-state index is 12.2. The van der Waals surface area contributed by atoms with Gasteiger partial charge in [0, 0.05) is 16.9 Å². The zero-order chi connectivity index (χ0) is 19.8. The van der Waals surface area contributed by atoms with E-state index in [1.807, 2.05) is 37.3 Å². The number of aryl methyl sites for hydroxylation is 1. The second-order valence-electron chi connectivity index (χ2n) is 5.92. The molecule has 6 nitrogen and oxygen atoms in total. The Bertz CT molecular complexity index is 848. The van der Waals surface area contributed by atoms with Crippen LogP contribution >= 0.6 is 11.8 Å². The Morgan fingerprint density at radius 2 is 1.81 bits per heavy atom. The highest BCUT2D eigenvalue weighted by atomic mass is 32.2. The first-order chi connectivity index (χ1) is 12.9. The summed E-state index contributed by atoms with van der Waals surface area (Å²) in [7, 11) is 1.57. The molecule has 142 valence electrons. The normalized spacial score (nSPS) is 11.1. The summed E-state index contributed by atoms with van der Waals surface area (Å²) >= 11 is 1.29. The minimum atomic E-state index is -0.855. The van der Waals surface area contributed by atoms with E-state index in [0.717, 1.165) is 16.7 Å². The molecule has 0 saturated heterocycles. The van der Waals surface area contributed by atoms with Crippen molar-refractivity contribution in [3.8, 4) is 5.75 Å². The van der Waals surface area contributed by atoms with Crippen LogP contribution in [0.3, 0.4) is 0 Å². The molecule has 7 heteroatoms. The fourth-order valence-corrected chi connectivity index (χ4v) is 3.06. The third-order valence-electron chi connectivity index (χ3n) is 3.82. The number of thioether (sulfide) groups is 1. The van der Waals surface area contributed by atoms with Crippen LogP contribution in [0.25, 0.3) is 0 Å². The van der Waals surface area contributed by atoms with Crippen molar-refractivity contribution in [3.63, 3.8) is 0 Å². The van der Waals surface area contributed by atoms with Crippen molar-refractivity contribution in [1.82, 2.24) is 5.43 Å². The molecule has 0 aliphatic heterocycles. The predicted octanol–water partition coefficient (Wildman–Crippen LogP) is 3.48. The molecule has 1 amide bonds. The zero-order valence-electron chi connectivity index (χ0n) is 15.5. The molecule has 2 aromatic carbocycles. The number of carbonyl (C=O) groups excluding carboxylic acids is 1. The highest BCUT2D eigenvalue weighted by Gasteiger charge is 2.09. The second kappa shape index (κ2) is 9.78. The maximum Gasteiger partial charge on any atom is 0.313 e. The minimum absolute atomic E-state index is 0.0209. The van der Waals surface area contributed by atoms with Crippen molar-refractivity contribution in [2.45, 2.75) is 19.6 Å². The summed E-state index contributed by atoms with van der Waals surface area (Å²) in [4.78, 5) is 22.9. The molecule has 2 aromatic rings. The van der Waals surface area contributed by atoms with Crippen molar-refractivity contribution in [3.05, 3.63) is 64.7 Å². The topological polar surface area (TPSA) is 88.0 Å². The number of benzene rings is 2. The third kappa shape index (κ3) is 6.14. The van der Waals surface area contributed by atoms with Crippen molar-refractivity contribution >= 4 is 29.4 Å². The van der Waals surface area contributed by atoms with Crippen LogP contribution in [0.1, 0.15) is 34.0 Å². The van der Waals surface area contributed by atoms with E-state index in [-0.39, 0.29) is 11.7 Å². The van der Waals surface area contributed by atoms with E-state index < -0.39 is 5.97 Å². The molecule has 0 bridgehead atoms. The number of nitrogens with zero attached hydrogens (tertiary/aromatic N) is 1. The molecular formula is C20H22N2O4S. The van der Waals surface area contributed by atoms with E-state index in [2.05, 4.69) is 10.5 Å². The molecule has 2 N–H and O–H groups in total. The van der Waals surface area contributed by atoms with E-state index in [4.69, 9.17) is 9.84 Å². The van der Waals surface area contributed by atoms with Crippen LogP contribution < -0.4 is 10.2 Å². The molecule has 0 aromatic heterocycles. The predicted molar refractivity (Wildman–Crippen MR) is 108 cm³/mol. The number of methoxy groups -OCH3 is 1. The number of nitrogens with one attached hydrogen (secondary N) is 1. The van der Waals surface area contributed by atoms with Crippen LogP contribution in [0.15, 0.2) is 47.6 Å². The number of carboxylic acids is 1. The van der Waals surface area contributed by atoms with E-state index in [1.165, 1.54) is 11.8 Å². The highest BCUT2D eigenvalue weighted by Crippen LogP contribution is 2.25. The van der Waals surface area contributed by atoms with Crippen LogP contribution in [-0.2, 0) is 10.5 Å². The summed E-state index contributed by atoms with van der Waals surface area (Å²) in [6.45, 7) is 3.76. The fraction of sp³-hybridized carbons (Fsp3) is 0.250. The number of ether oxygens (including phenoxy) is 1. The molecule has 2 rings (SSSR count). The van der Waals surface area contributed by atoms with Gasteiger partial charge < -0.3 is 9.84 Å². The van der Waals surface area contributed by atoms with Gasteiger partial charge in [-0.25, -0.2) is 5.43 Å². The molecule has 0 aliphatic carbocycles. The summed E-state index contributed by atoms with van der Waals surface area (Å²) in [6.07, 6.45) is 0. The number of carboxylic acid groups (broad SMARTS) is 1. The Morgan fingerprint density at radius 3 is 2.44 bits per heavy atom. The van der Waals surface area contributed by atoms with Crippen LogP contribution in [0.4, 0.5) is 0 Å². The van der Waals surface area contributed by atoms with Gasteiger partial charge in [-0.05, 0) is 49.7 Å². The van der Waals surface area contributed by atoms with Crippen LogP contribution in [0.2, 0.25) is 0 Å². The molecule has 0 saturated carbocycles. The van der Waals surface area contributed by atoms with Crippen molar-refractivity contribution < 1.29 is 19.4 Å². The lowest BCUT2D eigenvalue weighted by Crippen LogP contribution is -2.19. The Balaban J connectivity index is 2.10. The Morgan fingerprint density at radius 1 is 1.15 bits per heavy atom. The van der Waals surface area contributed by atoms with Crippen molar-refractivity contribution in [2.24, 2.45) is 5.10 Å². The largest absolute Gasteiger partial charge is 0.496 e. The van der Waals surface area contributed by atoms with Gasteiger partial charge >= 0.3 is 5.97 Å². The van der Waals surface area contributed by atoms with E-state index in [0.29, 0.717) is 22.8 Å². The van der Waals surface area contributed by atoms with Gasteiger partial charge in [0.1, 0.15) is 5.75 Å². The fourth-order valence-electron chi connectivity index (χ4n) is 2.33. The summed E-state index contributed by atoms with van der Waals surface area (Å²) in [5.41, 5.74) is 6.52. The average Bonchev–Trinajstić information content (AvgIpc) is 2.66. The second-order valence-corrected chi connectivity index (χ2v) is 6.90. The molecule has 0 radical (unpaired) electrons. The first-order valence-corrected chi connectivity index (χ1v) is 9.44. The summed E-state index contributed by atoms with van der Waals surface area (Å²) in [5.74, 6) is 0.0826. The van der Waals surface area contributed by atoms with E-state index in [9.17, 15) is 9.59 Å². The molecule has 0 unspecified atom stereocenters. The maximum atomic E-state index is 12.2. The number of aliphatic carboxylic acids is 1. The van der Waals surface area contributed by atoms with E-state index >= 15 is 0 Å². The van der Waals surface area contributed by atoms with E-state index in [1.54, 1.807) is 26.2 Å². The molecule has 27 heavy (non-hydrogen) atoms. The smallest absolute Gasteiger partial charge is 0.313 e. The number of hydrazone groups is 1. The molecule has 0 heterocycles. The van der Waals surface area contributed by atoms with Crippen molar-refractivity contribution in [2.75, 3.05) is 12.9 Å². The van der Waals surface area contributed by atoms with Gasteiger partial charge in [-0.2, -0.15) is 5.10 Å². The lowest BCUT2D eigenvalue weighted by molar-refractivity contribution is -0.133. The van der Waals surface area contributed by atoms with Crippen LogP contribution in [0.5, 0.6) is 5.75 Å². The summed E-state index contributed by atoms with van der Waals surface area (Å²) < 4.78 is 5.33. The number of amides is 1. The van der Waals surface area contributed by atoms with Crippen LogP contribution in [0, 0.1) is 6.92 Å². The van der Waals surface area contributed by atoms with Gasteiger partial charge in [0.05, 0.1) is 18.6 Å². The van der Waals surface area contributed by atoms with Gasteiger partial charge in [-0.15, -0.1) is 11.8 Å². The lowest BCUT2D eigenvalue weighted by Gasteiger charge is -2.10. The molecule has 0 spiro atoms. The van der Waals surface area contributed by atoms with Gasteiger partial charge in [-0.1, -0.05) is 17.7 Å². The summed E-state index contributed by atoms with van der Waals surface area (Å²) in [6, 6.07) is 12.8. The van der Waals surface area contributed by atoms with Gasteiger partial charge in [0.15, 0.2) is 0 Å².